The normalized spacial score (nSPS) is 13.8. The van der Waals surface area contributed by atoms with Gasteiger partial charge in [-0.05, 0) is 35.9 Å². The van der Waals surface area contributed by atoms with Crippen molar-refractivity contribution in [1.82, 2.24) is 4.90 Å². The van der Waals surface area contributed by atoms with E-state index in [4.69, 9.17) is 0 Å². The summed E-state index contributed by atoms with van der Waals surface area (Å²) in [4.78, 5) is 25.2. The molecule has 2 amide bonds. The quantitative estimate of drug-likeness (QED) is 0.789. The predicted octanol–water partition coefficient (Wildman–Crippen LogP) is 2.76. The van der Waals surface area contributed by atoms with Gasteiger partial charge in [0.15, 0.2) is 0 Å². The van der Waals surface area contributed by atoms with Crippen molar-refractivity contribution in [3.05, 3.63) is 70.8 Å². The molecule has 3 nitrogen and oxygen atoms in total. The fourth-order valence-electron chi connectivity index (χ4n) is 2.18. The highest BCUT2D eigenvalue weighted by atomic mass is 19.1. The summed E-state index contributed by atoms with van der Waals surface area (Å²) in [6.45, 7) is 0.0360. The van der Waals surface area contributed by atoms with Gasteiger partial charge in [0.1, 0.15) is 11.6 Å². The molecule has 1 aliphatic heterocycles. The van der Waals surface area contributed by atoms with E-state index in [1.807, 2.05) is 0 Å². The zero-order chi connectivity index (χ0) is 14.3. The molecule has 0 spiro atoms. The van der Waals surface area contributed by atoms with Gasteiger partial charge in [-0.15, -0.1) is 0 Å². The van der Waals surface area contributed by atoms with Crippen molar-refractivity contribution < 1.29 is 18.4 Å². The van der Waals surface area contributed by atoms with Gasteiger partial charge in [0.25, 0.3) is 11.8 Å². The zero-order valence-electron chi connectivity index (χ0n) is 10.3. The molecule has 2 aromatic rings. The molecule has 5 heteroatoms. The van der Waals surface area contributed by atoms with E-state index < -0.39 is 23.4 Å². The second kappa shape index (κ2) is 4.52. The molecule has 0 fully saturated rings. The second-order valence-corrected chi connectivity index (χ2v) is 4.51. The third-order valence-corrected chi connectivity index (χ3v) is 3.19. The Morgan fingerprint density at radius 3 is 2.10 bits per heavy atom. The number of carbonyl (C=O) groups is 2. The van der Waals surface area contributed by atoms with Gasteiger partial charge in [0, 0.05) is 0 Å². The molecular formula is C15H9F2NO2. The van der Waals surface area contributed by atoms with Crippen LogP contribution in [0.4, 0.5) is 8.78 Å². The summed E-state index contributed by atoms with van der Waals surface area (Å²) in [5.74, 6) is -1.95. The second-order valence-electron chi connectivity index (χ2n) is 4.51. The molecule has 0 saturated heterocycles. The number of benzene rings is 2. The first-order chi connectivity index (χ1) is 9.56. The summed E-state index contributed by atoms with van der Waals surface area (Å²) in [6, 6.07) is 9.01. The van der Waals surface area contributed by atoms with Crippen molar-refractivity contribution in [3.8, 4) is 0 Å². The summed E-state index contributed by atoms with van der Waals surface area (Å²) in [5.41, 5.74) is 0.886. The Morgan fingerprint density at radius 1 is 0.800 bits per heavy atom. The number of rotatable bonds is 2. The maximum Gasteiger partial charge on any atom is 0.261 e. The Labute approximate surface area is 113 Å². The molecule has 0 bridgehead atoms. The Bertz CT molecular complexity index is 710. The fraction of sp³-hybridized carbons (Fsp3) is 0.0667. The standard InChI is InChI=1S/C15H9F2NO2/c16-10-3-1-9(2-4-10)8-18-14(19)12-6-5-11(17)7-13(12)15(18)20/h1-7H,8H2. The minimum Gasteiger partial charge on any atom is -0.270 e. The first-order valence-corrected chi connectivity index (χ1v) is 5.96. The maximum absolute atomic E-state index is 13.1. The third-order valence-electron chi connectivity index (χ3n) is 3.19. The van der Waals surface area contributed by atoms with E-state index in [-0.39, 0.29) is 17.7 Å². The summed E-state index contributed by atoms with van der Waals surface area (Å²) in [5, 5.41) is 0. The van der Waals surface area contributed by atoms with Gasteiger partial charge in [0.2, 0.25) is 0 Å². The molecule has 2 aromatic carbocycles. The molecule has 0 N–H and O–H groups in total. The minimum atomic E-state index is -0.562. The van der Waals surface area contributed by atoms with Crippen molar-refractivity contribution in [2.75, 3.05) is 0 Å². The van der Waals surface area contributed by atoms with Crippen LogP contribution in [-0.4, -0.2) is 16.7 Å². The van der Waals surface area contributed by atoms with Crippen molar-refractivity contribution in [1.29, 1.82) is 0 Å². The average Bonchev–Trinajstić information content (AvgIpc) is 2.66. The Kier molecular flexibility index (Phi) is 2.82. The van der Waals surface area contributed by atoms with Crippen LogP contribution in [0.5, 0.6) is 0 Å². The molecule has 0 saturated carbocycles. The monoisotopic (exact) mass is 273 g/mol. The Morgan fingerprint density at radius 2 is 1.40 bits per heavy atom. The molecule has 100 valence electrons. The van der Waals surface area contributed by atoms with Crippen molar-refractivity contribution >= 4 is 11.8 Å². The van der Waals surface area contributed by atoms with Gasteiger partial charge >= 0.3 is 0 Å². The highest BCUT2D eigenvalue weighted by Crippen LogP contribution is 2.25. The van der Waals surface area contributed by atoms with Crippen LogP contribution in [-0.2, 0) is 6.54 Å². The van der Waals surface area contributed by atoms with Gasteiger partial charge in [-0.2, -0.15) is 0 Å². The van der Waals surface area contributed by atoms with Crippen LogP contribution in [0, 0.1) is 11.6 Å². The lowest BCUT2D eigenvalue weighted by Gasteiger charge is -2.13. The Hall–Kier alpha value is -2.56. The summed E-state index contributed by atoms with van der Waals surface area (Å²) in [6.07, 6.45) is 0. The van der Waals surface area contributed by atoms with Crippen LogP contribution in [0.1, 0.15) is 26.3 Å². The summed E-state index contributed by atoms with van der Waals surface area (Å²) in [7, 11) is 0. The van der Waals surface area contributed by atoms with Gasteiger partial charge in [-0.1, -0.05) is 12.1 Å². The topological polar surface area (TPSA) is 37.4 Å². The van der Waals surface area contributed by atoms with Crippen molar-refractivity contribution in [2.45, 2.75) is 6.54 Å². The van der Waals surface area contributed by atoms with Gasteiger partial charge < -0.3 is 0 Å². The molecule has 20 heavy (non-hydrogen) atoms. The molecule has 0 radical (unpaired) electrons. The van der Waals surface area contributed by atoms with Crippen LogP contribution in [0.15, 0.2) is 42.5 Å². The number of hydrogen-bond donors (Lipinski definition) is 0. The first kappa shape index (κ1) is 12.5. The molecular weight excluding hydrogens is 264 g/mol. The van der Waals surface area contributed by atoms with Crippen LogP contribution < -0.4 is 0 Å². The number of carbonyl (C=O) groups excluding carboxylic acids is 2. The van der Waals surface area contributed by atoms with E-state index in [9.17, 15) is 18.4 Å². The van der Waals surface area contributed by atoms with E-state index in [2.05, 4.69) is 0 Å². The summed E-state index contributed by atoms with van der Waals surface area (Å²) >= 11 is 0. The fourth-order valence-corrected chi connectivity index (χ4v) is 2.18. The molecule has 3 rings (SSSR count). The van der Waals surface area contributed by atoms with E-state index in [1.165, 1.54) is 30.3 Å². The van der Waals surface area contributed by atoms with Crippen molar-refractivity contribution in [2.24, 2.45) is 0 Å². The predicted molar refractivity (Wildman–Crippen MR) is 67.0 cm³/mol. The lowest BCUT2D eigenvalue weighted by atomic mass is 10.1. The summed E-state index contributed by atoms with van der Waals surface area (Å²) < 4.78 is 26.0. The molecule has 1 aliphatic rings. The van der Waals surface area contributed by atoms with Crippen LogP contribution >= 0.6 is 0 Å². The van der Waals surface area contributed by atoms with Gasteiger partial charge in [0.05, 0.1) is 17.7 Å². The van der Waals surface area contributed by atoms with E-state index in [0.717, 1.165) is 17.0 Å². The van der Waals surface area contributed by atoms with E-state index in [1.54, 1.807) is 0 Å². The highest BCUT2D eigenvalue weighted by Gasteiger charge is 2.35. The van der Waals surface area contributed by atoms with E-state index in [0.29, 0.717) is 5.56 Å². The molecule has 1 heterocycles. The van der Waals surface area contributed by atoms with Crippen LogP contribution in [0.2, 0.25) is 0 Å². The van der Waals surface area contributed by atoms with E-state index >= 15 is 0 Å². The molecule has 0 unspecified atom stereocenters. The first-order valence-electron chi connectivity index (χ1n) is 5.96. The number of halogens is 2. The number of nitrogens with zero attached hydrogens (tertiary/aromatic N) is 1. The Balaban J connectivity index is 1.91. The third kappa shape index (κ3) is 1.97. The van der Waals surface area contributed by atoms with Crippen molar-refractivity contribution in [3.63, 3.8) is 0 Å². The highest BCUT2D eigenvalue weighted by molar-refractivity contribution is 6.21. The van der Waals surface area contributed by atoms with Gasteiger partial charge in [-0.25, -0.2) is 8.78 Å². The number of hydrogen-bond acceptors (Lipinski definition) is 2. The minimum absolute atomic E-state index is 0.0360. The van der Waals surface area contributed by atoms with Crippen LogP contribution in [0.3, 0.4) is 0 Å². The SMILES string of the molecule is O=C1c2ccc(F)cc2C(=O)N1Cc1ccc(F)cc1. The number of imide groups is 1. The number of fused-ring (bicyclic) bond motifs is 1. The molecule has 0 aromatic heterocycles. The maximum atomic E-state index is 13.1. The largest absolute Gasteiger partial charge is 0.270 e. The lowest BCUT2D eigenvalue weighted by molar-refractivity contribution is 0.0642. The zero-order valence-corrected chi connectivity index (χ0v) is 10.3. The molecule has 0 aliphatic carbocycles. The lowest BCUT2D eigenvalue weighted by Crippen LogP contribution is -2.29. The average molecular weight is 273 g/mol. The van der Waals surface area contributed by atoms with Crippen LogP contribution in [0.25, 0.3) is 0 Å². The molecule has 0 atom stereocenters. The van der Waals surface area contributed by atoms with Gasteiger partial charge in [-0.3, -0.25) is 14.5 Å². The smallest absolute Gasteiger partial charge is 0.261 e. The number of amides is 2.